The molecule has 1 fully saturated rings. The summed E-state index contributed by atoms with van der Waals surface area (Å²) in [5.41, 5.74) is 1.75. The van der Waals surface area contributed by atoms with Crippen molar-refractivity contribution in [2.24, 2.45) is 17.8 Å². The fourth-order valence-corrected chi connectivity index (χ4v) is 7.19. The number of aliphatic hydroxyl groups excluding tert-OH is 1. The first-order valence-electron chi connectivity index (χ1n) is 21.5. The summed E-state index contributed by atoms with van der Waals surface area (Å²) in [5, 5.41) is 19.9. The van der Waals surface area contributed by atoms with Gasteiger partial charge >= 0.3 is 5.97 Å². The lowest BCUT2D eigenvalue weighted by molar-refractivity contribution is -0.165. The molecule has 0 aliphatic carbocycles. The summed E-state index contributed by atoms with van der Waals surface area (Å²) < 4.78 is 18.2. The van der Waals surface area contributed by atoms with Crippen molar-refractivity contribution in [2.75, 3.05) is 6.61 Å². The summed E-state index contributed by atoms with van der Waals surface area (Å²) >= 11 is 0. The van der Waals surface area contributed by atoms with E-state index in [0.717, 1.165) is 30.4 Å². The number of aliphatic hydroxyl groups is 1. The topological polar surface area (TPSA) is 152 Å². The summed E-state index contributed by atoms with van der Waals surface area (Å²) in [6.45, 7) is 11.0. The van der Waals surface area contributed by atoms with Crippen molar-refractivity contribution in [3.8, 4) is 0 Å². The van der Waals surface area contributed by atoms with Crippen molar-refractivity contribution < 1.29 is 38.5 Å². The quantitative estimate of drug-likeness (QED) is 0.0683. The molecule has 57 heavy (non-hydrogen) atoms. The highest BCUT2D eigenvalue weighted by molar-refractivity contribution is 5.94. The normalized spacial score (nSPS) is 22.6. The van der Waals surface area contributed by atoms with Gasteiger partial charge in [0.15, 0.2) is 6.04 Å². The number of hydrogen-bond acceptors (Lipinski definition) is 8. The molecule has 1 heterocycles. The number of hydrogen-bond donors (Lipinski definition) is 4. The average Bonchev–Trinajstić information content (AvgIpc) is 3.21. The average molecular weight is 794 g/mol. The van der Waals surface area contributed by atoms with Crippen molar-refractivity contribution in [1.29, 1.82) is 0 Å². The van der Waals surface area contributed by atoms with Crippen LogP contribution >= 0.6 is 0 Å². The first kappa shape index (κ1) is 47.6. The maximum absolute atomic E-state index is 14.1. The number of ether oxygens (including phenoxy) is 3. The molecule has 11 nitrogen and oxygen atoms in total. The monoisotopic (exact) mass is 794 g/mol. The molecule has 1 aliphatic heterocycles. The van der Waals surface area contributed by atoms with Gasteiger partial charge in [0.1, 0.15) is 18.2 Å². The van der Waals surface area contributed by atoms with E-state index in [1.807, 2.05) is 60.7 Å². The Balaban J connectivity index is 1.80. The van der Waals surface area contributed by atoms with E-state index in [0.29, 0.717) is 6.42 Å². The minimum Gasteiger partial charge on any atom is -0.460 e. The van der Waals surface area contributed by atoms with E-state index in [9.17, 15) is 24.3 Å². The maximum Gasteiger partial charge on any atom is 0.331 e. The van der Waals surface area contributed by atoms with Gasteiger partial charge in [-0.15, -0.1) is 0 Å². The zero-order valence-electron chi connectivity index (χ0n) is 35.4. The third-order valence-electron chi connectivity index (χ3n) is 11.0. The zero-order valence-corrected chi connectivity index (χ0v) is 35.4. The molecule has 0 bridgehead atoms. The van der Waals surface area contributed by atoms with Crippen molar-refractivity contribution in [3.05, 3.63) is 71.8 Å². The van der Waals surface area contributed by atoms with Crippen molar-refractivity contribution in [1.82, 2.24) is 16.0 Å². The van der Waals surface area contributed by atoms with Crippen molar-refractivity contribution >= 4 is 23.7 Å². The van der Waals surface area contributed by atoms with Crippen LogP contribution in [-0.4, -0.2) is 71.8 Å². The Morgan fingerprint density at radius 3 is 1.74 bits per heavy atom. The lowest BCUT2D eigenvalue weighted by atomic mass is 9.86. The molecule has 0 saturated carbocycles. The van der Waals surface area contributed by atoms with E-state index in [2.05, 4.69) is 22.9 Å². The predicted octanol–water partition coefficient (Wildman–Crippen LogP) is 7.18. The highest BCUT2D eigenvalue weighted by Crippen LogP contribution is 2.26. The Morgan fingerprint density at radius 2 is 1.18 bits per heavy atom. The lowest BCUT2D eigenvalue weighted by Gasteiger charge is -2.33. The lowest BCUT2D eigenvalue weighted by Crippen LogP contribution is -2.60. The number of amides is 3. The van der Waals surface area contributed by atoms with E-state index < -0.39 is 72.0 Å². The molecule has 3 rings (SSSR count). The Hall–Kier alpha value is -3.80. The van der Waals surface area contributed by atoms with Gasteiger partial charge in [-0.05, 0) is 30.4 Å². The molecule has 318 valence electrons. The van der Waals surface area contributed by atoms with Gasteiger partial charge < -0.3 is 35.3 Å². The zero-order chi connectivity index (χ0) is 41.6. The van der Waals surface area contributed by atoms with E-state index in [1.54, 1.807) is 34.6 Å². The molecular weight excluding hydrogens is 723 g/mol. The second-order valence-corrected chi connectivity index (χ2v) is 16.2. The summed E-state index contributed by atoms with van der Waals surface area (Å²) in [4.78, 5) is 56.1. The van der Waals surface area contributed by atoms with Gasteiger partial charge in [0.05, 0.1) is 37.9 Å². The van der Waals surface area contributed by atoms with E-state index >= 15 is 0 Å². The van der Waals surface area contributed by atoms with Crippen LogP contribution in [-0.2, 0) is 46.6 Å². The molecule has 11 heteroatoms. The van der Waals surface area contributed by atoms with E-state index in [1.165, 1.54) is 51.4 Å². The number of nitrogens with one attached hydrogen (secondary N) is 3. The largest absolute Gasteiger partial charge is 0.460 e. The summed E-state index contributed by atoms with van der Waals surface area (Å²) in [7, 11) is 0. The van der Waals surface area contributed by atoms with Crippen molar-refractivity contribution in [2.45, 2.75) is 168 Å². The van der Waals surface area contributed by atoms with Gasteiger partial charge in [-0.2, -0.15) is 0 Å². The van der Waals surface area contributed by atoms with Gasteiger partial charge in [-0.25, -0.2) is 4.79 Å². The van der Waals surface area contributed by atoms with Crippen LogP contribution in [0.2, 0.25) is 0 Å². The second-order valence-electron chi connectivity index (χ2n) is 16.2. The first-order valence-corrected chi connectivity index (χ1v) is 21.5. The summed E-state index contributed by atoms with van der Waals surface area (Å²) in [5.74, 6) is -4.46. The fraction of sp³-hybridized carbons (Fsp3) is 0.652. The molecule has 8 atom stereocenters. The number of unbranched alkanes of at least 4 members (excludes halogenated alkanes) is 10. The highest BCUT2D eigenvalue weighted by atomic mass is 16.6. The van der Waals surface area contributed by atoms with Gasteiger partial charge in [0.25, 0.3) is 0 Å². The summed E-state index contributed by atoms with van der Waals surface area (Å²) in [6, 6.07) is 15.3. The Kier molecular flexibility index (Phi) is 21.9. The van der Waals surface area contributed by atoms with Crippen LogP contribution in [0.3, 0.4) is 0 Å². The Bertz CT molecular complexity index is 1460. The number of rotatable bonds is 23. The number of carbonyl (C=O) groups excluding carboxylic acids is 4. The fourth-order valence-electron chi connectivity index (χ4n) is 7.19. The molecule has 4 N–H and O–H groups in total. The Morgan fingerprint density at radius 1 is 0.667 bits per heavy atom. The van der Waals surface area contributed by atoms with Crippen LogP contribution in [0, 0.1) is 17.8 Å². The van der Waals surface area contributed by atoms with Gasteiger partial charge in [-0.3, -0.25) is 14.4 Å². The van der Waals surface area contributed by atoms with Gasteiger partial charge in [0, 0.05) is 5.92 Å². The number of esters is 1. The van der Waals surface area contributed by atoms with Gasteiger partial charge in [0.2, 0.25) is 17.7 Å². The van der Waals surface area contributed by atoms with Crippen LogP contribution in [0.25, 0.3) is 0 Å². The third-order valence-corrected chi connectivity index (χ3v) is 11.0. The molecular formula is C46H71N3O8. The third kappa shape index (κ3) is 16.9. The second kappa shape index (κ2) is 26.3. The number of carbonyl (C=O) groups is 4. The molecule has 0 spiro atoms. The summed E-state index contributed by atoms with van der Waals surface area (Å²) in [6.07, 6.45) is 10.7. The number of benzene rings is 2. The van der Waals surface area contributed by atoms with Crippen LogP contribution in [0.4, 0.5) is 0 Å². The predicted molar refractivity (Wildman–Crippen MR) is 223 cm³/mol. The minimum absolute atomic E-state index is 0.170. The molecule has 0 aromatic heterocycles. The Labute approximate surface area is 341 Å². The highest BCUT2D eigenvalue weighted by Gasteiger charge is 2.41. The standard InChI is InChI=1S/C46H71N3O8/c1-7-8-9-10-11-12-13-14-15-16-23-28-39(50)33(4)42-34(5)43(51)48-40(32(2)3)44(52)49-41(35(6)56-30-37-26-21-18-22-27-37)45(53)47-38(46(54)57-42)31-55-29-36-24-19-17-20-25-36/h17-22,24-27,32-35,38-42,50H,7-16,23,28-31H2,1-6H3,(H,47,53)(H,48,51)(H,49,52)/t33-,34+,35-,38-,39+,40-,41-,42+/m0/s1. The van der Waals surface area contributed by atoms with Crippen LogP contribution in [0.5, 0.6) is 0 Å². The molecule has 3 amide bonds. The molecule has 0 unspecified atom stereocenters. The molecule has 2 aromatic rings. The molecule has 1 aliphatic rings. The molecule has 0 radical (unpaired) electrons. The van der Waals surface area contributed by atoms with E-state index in [-0.39, 0.29) is 25.7 Å². The smallest absolute Gasteiger partial charge is 0.331 e. The number of cyclic esters (lactones) is 1. The van der Waals surface area contributed by atoms with Gasteiger partial charge in [-0.1, -0.05) is 166 Å². The van der Waals surface area contributed by atoms with E-state index in [4.69, 9.17) is 14.2 Å². The van der Waals surface area contributed by atoms with Crippen LogP contribution < -0.4 is 16.0 Å². The maximum atomic E-state index is 14.1. The molecule has 1 saturated heterocycles. The minimum atomic E-state index is -1.29. The van der Waals surface area contributed by atoms with Crippen LogP contribution in [0.1, 0.15) is 130 Å². The van der Waals surface area contributed by atoms with Crippen molar-refractivity contribution in [3.63, 3.8) is 0 Å². The first-order chi connectivity index (χ1) is 27.4. The van der Waals surface area contributed by atoms with Crippen LogP contribution in [0.15, 0.2) is 60.7 Å². The SMILES string of the molecule is CCCCCCCCCCCCC[C@@H](O)[C@H](C)[C@H]1OC(=O)[C@H](COCc2ccccc2)NC(=O)[C@H]([C@H](C)OCc2ccccc2)NC(=O)[C@H](C(C)C)NC(=O)[C@@H]1C. The molecule has 2 aromatic carbocycles.